The second-order valence-electron chi connectivity index (χ2n) is 3.41. The van der Waals surface area contributed by atoms with Crippen LogP contribution >= 0.6 is 0 Å². The molecule has 1 aromatic carbocycles. The molecule has 1 N–H and O–H groups in total. The van der Waals surface area contributed by atoms with Crippen molar-refractivity contribution in [1.29, 1.82) is 0 Å². The molecule has 0 aromatic heterocycles. The molecule has 0 heterocycles. The van der Waals surface area contributed by atoms with E-state index in [4.69, 9.17) is 9.47 Å². The van der Waals surface area contributed by atoms with Gasteiger partial charge in [0, 0.05) is 13.7 Å². The molecule has 0 radical (unpaired) electrons. The lowest BCUT2D eigenvalue weighted by atomic mass is 10.2. The molecule has 0 bridgehead atoms. The Morgan fingerprint density at radius 3 is 3.00 bits per heavy atom. The summed E-state index contributed by atoms with van der Waals surface area (Å²) >= 11 is 0. The van der Waals surface area contributed by atoms with E-state index < -0.39 is 0 Å². The summed E-state index contributed by atoms with van der Waals surface area (Å²) in [6.45, 7) is 4.92. The van der Waals surface area contributed by atoms with E-state index in [9.17, 15) is 4.79 Å². The molecular formula is C13H17NO3. The van der Waals surface area contributed by atoms with E-state index in [-0.39, 0.29) is 5.91 Å². The van der Waals surface area contributed by atoms with Gasteiger partial charge in [-0.05, 0) is 23.8 Å². The Hall–Kier alpha value is -1.81. The van der Waals surface area contributed by atoms with Crippen LogP contribution in [0.25, 0.3) is 0 Å². The second kappa shape index (κ2) is 7.46. The number of benzene rings is 1. The first-order valence-electron chi connectivity index (χ1n) is 5.37. The van der Waals surface area contributed by atoms with Gasteiger partial charge in [0.2, 0.25) is 5.91 Å². The largest absolute Gasteiger partial charge is 0.491 e. The summed E-state index contributed by atoms with van der Waals surface area (Å²) < 4.78 is 10.4. The Morgan fingerprint density at radius 1 is 1.47 bits per heavy atom. The van der Waals surface area contributed by atoms with Crippen LogP contribution in [0, 0.1) is 0 Å². The van der Waals surface area contributed by atoms with Gasteiger partial charge in [0.05, 0.1) is 6.61 Å². The molecule has 0 fully saturated rings. The minimum absolute atomic E-state index is 0.185. The zero-order valence-corrected chi connectivity index (χ0v) is 9.94. The third-order valence-corrected chi connectivity index (χ3v) is 2.11. The predicted octanol–water partition coefficient (Wildman–Crippen LogP) is 1.51. The highest BCUT2D eigenvalue weighted by Gasteiger charge is 1.98. The quantitative estimate of drug-likeness (QED) is 0.575. The van der Waals surface area contributed by atoms with Crippen LogP contribution in [-0.2, 0) is 16.1 Å². The van der Waals surface area contributed by atoms with E-state index in [1.54, 1.807) is 7.11 Å². The smallest absolute Gasteiger partial charge is 0.243 e. The van der Waals surface area contributed by atoms with Gasteiger partial charge in [-0.1, -0.05) is 18.7 Å². The molecule has 0 atom stereocenters. The lowest BCUT2D eigenvalue weighted by Gasteiger charge is -2.07. The maximum atomic E-state index is 11.0. The van der Waals surface area contributed by atoms with Crippen LogP contribution in [0.3, 0.4) is 0 Å². The number of rotatable bonds is 7. The molecule has 0 spiro atoms. The van der Waals surface area contributed by atoms with Gasteiger partial charge in [0.1, 0.15) is 12.4 Å². The third-order valence-electron chi connectivity index (χ3n) is 2.11. The van der Waals surface area contributed by atoms with Crippen molar-refractivity contribution in [2.45, 2.75) is 6.54 Å². The van der Waals surface area contributed by atoms with Gasteiger partial charge in [0.25, 0.3) is 0 Å². The molecule has 1 rings (SSSR count). The number of hydrogen-bond donors (Lipinski definition) is 1. The van der Waals surface area contributed by atoms with E-state index in [1.165, 1.54) is 6.08 Å². The second-order valence-corrected chi connectivity index (χ2v) is 3.41. The first-order chi connectivity index (χ1) is 8.26. The monoisotopic (exact) mass is 235 g/mol. The molecule has 0 aliphatic heterocycles. The summed E-state index contributed by atoms with van der Waals surface area (Å²) in [5.74, 6) is 0.586. The summed E-state index contributed by atoms with van der Waals surface area (Å²) in [7, 11) is 1.63. The van der Waals surface area contributed by atoms with E-state index in [0.29, 0.717) is 19.8 Å². The van der Waals surface area contributed by atoms with E-state index >= 15 is 0 Å². The molecule has 0 unspecified atom stereocenters. The molecule has 4 nitrogen and oxygen atoms in total. The number of methoxy groups -OCH3 is 1. The maximum absolute atomic E-state index is 11.0. The van der Waals surface area contributed by atoms with Crippen LogP contribution in [-0.4, -0.2) is 26.2 Å². The van der Waals surface area contributed by atoms with Gasteiger partial charge >= 0.3 is 0 Å². The summed E-state index contributed by atoms with van der Waals surface area (Å²) in [6.07, 6.45) is 1.25. The molecule has 1 amide bonds. The number of hydrogen-bond acceptors (Lipinski definition) is 3. The number of nitrogens with one attached hydrogen (secondary N) is 1. The topological polar surface area (TPSA) is 47.6 Å². The molecular weight excluding hydrogens is 218 g/mol. The molecule has 17 heavy (non-hydrogen) atoms. The maximum Gasteiger partial charge on any atom is 0.243 e. The van der Waals surface area contributed by atoms with Crippen molar-refractivity contribution in [3.63, 3.8) is 0 Å². The molecule has 0 saturated heterocycles. The van der Waals surface area contributed by atoms with Gasteiger partial charge in [-0.25, -0.2) is 0 Å². The van der Waals surface area contributed by atoms with Gasteiger partial charge in [0.15, 0.2) is 0 Å². The fraction of sp³-hybridized carbons (Fsp3) is 0.308. The van der Waals surface area contributed by atoms with Gasteiger partial charge < -0.3 is 14.8 Å². The van der Waals surface area contributed by atoms with Gasteiger partial charge in [-0.15, -0.1) is 0 Å². The minimum Gasteiger partial charge on any atom is -0.491 e. The lowest BCUT2D eigenvalue weighted by Crippen LogP contribution is -2.19. The molecule has 92 valence electrons. The van der Waals surface area contributed by atoms with E-state index in [2.05, 4.69) is 11.9 Å². The number of amides is 1. The number of carbonyl (C=O) groups excluding carboxylic acids is 1. The summed E-state index contributed by atoms with van der Waals surface area (Å²) in [4.78, 5) is 11.0. The fourth-order valence-corrected chi connectivity index (χ4v) is 1.25. The SMILES string of the molecule is C=CC(=O)NCc1cccc(OCCOC)c1. The van der Waals surface area contributed by atoms with Crippen molar-refractivity contribution in [3.05, 3.63) is 42.5 Å². The number of carbonyl (C=O) groups is 1. The van der Waals surface area contributed by atoms with Crippen molar-refractivity contribution < 1.29 is 14.3 Å². The molecule has 0 saturated carbocycles. The van der Waals surface area contributed by atoms with Crippen LogP contribution in [0.5, 0.6) is 5.75 Å². The average molecular weight is 235 g/mol. The van der Waals surface area contributed by atoms with Crippen LogP contribution in [0.4, 0.5) is 0 Å². The average Bonchev–Trinajstić information content (AvgIpc) is 2.37. The standard InChI is InChI=1S/C13H17NO3/c1-3-13(15)14-10-11-5-4-6-12(9-11)17-8-7-16-2/h3-6,9H,1,7-8,10H2,2H3,(H,14,15). The van der Waals surface area contributed by atoms with E-state index in [0.717, 1.165) is 11.3 Å². The Labute approximate surface area is 101 Å². The summed E-state index contributed by atoms with van der Waals surface area (Å²) in [5, 5.41) is 2.71. The summed E-state index contributed by atoms with van der Waals surface area (Å²) in [5.41, 5.74) is 0.982. The van der Waals surface area contributed by atoms with Crippen LogP contribution in [0.2, 0.25) is 0 Å². The zero-order chi connectivity index (χ0) is 12.5. The zero-order valence-electron chi connectivity index (χ0n) is 9.94. The molecule has 4 heteroatoms. The minimum atomic E-state index is -0.185. The van der Waals surface area contributed by atoms with Crippen molar-refractivity contribution in [3.8, 4) is 5.75 Å². The Bertz CT molecular complexity index is 377. The first kappa shape index (κ1) is 13.3. The molecule has 0 aliphatic rings. The predicted molar refractivity (Wildman–Crippen MR) is 65.9 cm³/mol. The van der Waals surface area contributed by atoms with Crippen molar-refractivity contribution in [2.75, 3.05) is 20.3 Å². The van der Waals surface area contributed by atoms with Crippen LogP contribution in [0.1, 0.15) is 5.56 Å². The Balaban J connectivity index is 2.47. The lowest BCUT2D eigenvalue weighted by molar-refractivity contribution is -0.116. The number of ether oxygens (including phenoxy) is 2. The van der Waals surface area contributed by atoms with E-state index in [1.807, 2.05) is 24.3 Å². The van der Waals surface area contributed by atoms with Gasteiger partial charge in [-0.3, -0.25) is 4.79 Å². The van der Waals surface area contributed by atoms with Gasteiger partial charge in [-0.2, -0.15) is 0 Å². The van der Waals surface area contributed by atoms with Crippen molar-refractivity contribution in [2.24, 2.45) is 0 Å². The highest BCUT2D eigenvalue weighted by molar-refractivity contribution is 5.86. The van der Waals surface area contributed by atoms with Crippen LogP contribution < -0.4 is 10.1 Å². The highest BCUT2D eigenvalue weighted by Crippen LogP contribution is 2.13. The summed E-state index contributed by atoms with van der Waals surface area (Å²) in [6, 6.07) is 7.57. The Morgan fingerprint density at radius 2 is 2.29 bits per heavy atom. The fourth-order valence-electron chi connectivity index (χ4n) is 1.25. The Kier molecular flexibility index (Phi) is 5.82. The van der Waals surface area contributed by atoms with Crippen LogP contribution in [0.15, 0.2) is 36.9 Å². The van der Waals surface area contributed by atoms with Crippen molar-refractivity contribution >= 4 is 5.91 Å². The normalized spacial score (nSPS) is 9.71. The first-order valence-corrected chi connectivity index (χ1v) is 5.37. The molecule has 0 aliphatic carbocycles. The highest BCUT2D eigenvalue weighted by atomic mass is 16.5. The van der Waals surface area contributed by atoms with Crippen molar-refractivity contribution in [1.82, 2.24) is 5.32 Å². The molecule has 1 aromatic rings. The third kappa shape index (κ3) is 5.17.